The summed E-state index contributed by atoms with van der Waals surface area (Å²) in [5.41, 5.74) is 0.290. The van der Waals surface area contributed by atoms with Gasteiger partial charge in [0.15, 0.2) is 6.29 Å². The maximum Gasteiger partial charge on any atom is 1.00 e. The number of hydrogen-bond acceptors (Lipinski definition) is 10. The average Bonchev–Trinajstić information content (AvgIpc) is 3.48. The molecule has 1 N–H and O–H groups in total. The minimum absolute atomic E-state index is 0. The number of carbonyl (C=O) groups excluding carboxylic acids is 1. The fourth-order valence-corrected chi connectivity index (χ4v) is 13.0. The summed E-state index contributed by atoms with van der Waals surface area (Å²) in [6, 6.07) is 0.525. The smallest absolute Gasteiger partial charge is 0.726 e. The summed E-state index contributed by atoms with van der Waals surface area (Å²) in [5.74, 6) is 3.64. The normalized spacial score (nSPS) is 38.7. The van der Waals surface area contributed by atoms with E-state index in [4.69, 9.17) is 23.1 Å². The number of amides is 1. The molecule has 0 radical (unpaired) electrons. The quantitative estimate of drug-likeness (QED) is 0.101. The topological polar surface area (TPSA) is 136 Å². The first-order valence-electron chi connectivity index (χ1n) is 20.9. The monoisotopic (exact) mass is 776 g/mol. The van der Waals surface area contributed by atoms with E-state index in [9.17, 15) is 17.8 Å². The summed E-state index contributed by atoms with van der Waals surface area (Å²) in [4.78, 5) is 14.4. The van der Waals surface area contributed by atoms with Crippen LogP contribution in [0, 0.1) is 46.3 Å². The largest absolute Gasteiger partial charge is 1.00 e. The molecule has 12 atom stereocenters. The van der Waals surface area contributed by atoms with Crippen LogP contribution in [-0.4, -0.2) is 95.1 Å². The van der Waals surface area contributed by atoms with Crippen LogP contribution in [0.4, 0.5) is 0 Å². The zero-order valence-corrected chi connectivity index (χ0v) is 36.4. The Morgan fingerprint density at radius 2 is 1.81 bits per heavy atom. The van der Waals surface area contributed by atoms with E-state index in [1.54, 1.807) is 7.11 Å². The molecule has 0 bridgehead atoms. The number of ether oxygens (including phenoxy) is 4. The van der Waals surface area contributed by atoms with Gasteiger partial charge < -0.3 is 33.7 Å². The molecule has 2 heterocycles. The zero-order valence-electron chi connectivity index (χ0n) is 33.6. The van der Waals surface area contributed by atoms with Crippen LogP contribution in [0.15, 0.2) is 0 Å². The first kappa shape index (κ1) is 44.2. The van der Waals surface area contributed by atoms with E-state index < -0.39 is 16.5 Å². The molecule has 6 aliphatic rings. The van der Waals surface area contributed by atoms with Crippen molar-refractivity contribution in [2.75, 3.05) is 46.8 Å². The third-order valence-corrected chi connectivity index (χ3v) is 15.7. The molecule has 5 unspecified atom stereocenters. The zero-order chi connectivity index (χ0) is 36.9. The van der Waals surface area contributed by atoms with E-state index in [0.29, 0.717) is 92.1 Å². The Kier molecular flexibility index (Phi) is 16.5. The van der Waals surface area contributed by atoms with Crippen LogP contribution in [0.5, 0.6) is 0 Å². The maximum absolute atomic E-state index is 12.3. The van der Waals surface area contributed by atoms with E-state index >= 15 is 0 Å². The fourth-order valence-electron chi connectivity index (χ4n) is 12.5. The van der Waals surface area contributed by atoms with E-state index in [0.717, 1.165) is 71.0 Å². The summed E-state index contributed by atoms with van der Waals surface area (Å²) in [7, 11) is -3.12. The molecular formula is C40H69N2NaO9S. The third-order valence-electron chi connectivity index (χ3n) is 15.2. The van der Waals surface area contributed by atoms with Gasteiger partial charge in [0.25, 0.3) is 0 Å². The van der Waals surface area contributed by atoms with Gasteiger partial charge in [-0.15, -0.1) is 0 Å². The Morgan fingerprint density at radius 1 is 0.981 bits per heavy atom. The molecule has 1 amide bonds. The number of likely N-dealkylation sites (tertiary alicyclic amines) is 1. The van der Waals surface area contributed by atoms with Crippen molar-refractivity contribution >= 4 is 16.3 Å². The molecule has 0 aromatic rings. The summed E-state index contributed by atoms with van der Waals surface area (Å²) in [6.07, 6.45) is 16.1. The predicted molar refractivity (Wildman–Crippen MR) is 197 cm³/mol. The van der Waals surface area contributed by atoms with Crippen molar-refractivity contribution in [1.29, 1.82) is 0 Å². The summed E-state index contributed by atoms with van der Waals surface area (Å²) < 4.78 is 63.9. The van der Waals surface area contributed by atoms with Gasteiger partial charge in [-0.2, -0.15) is 0 Å². The van der Waals surface area contributed by atoms with Crippen LogP contribution in [0.3, 0.4) is 0 Å². The Balaban J connectivity index is 0.00000541. The minimum Gasteiger partial charge on any atom is -0.726 e. The molecule has 13 heteroatoms. The van der Waals surface area contributed by atoms with E-state index in [1.165, 1.54) is 38.5 Å². The molecule has 4 saturated carbocycles. The van der Waals surface area contributed by atoms with Crippen molar-refractivity contribution in [3.05, 3.63) is 0 Å². The number of carbonyl (C=O) groups is 1. The van der Waals surface area contributed by atoms with Crippen LogP contribution in [0.2, 0.25) is 0 Å². The van der Waals surface area contributed by atoms with Gasteiger partial charge in [-0.1, -0.05) is 20.8 Å². The Hall–Kier alpha value is 0.140. The number of nitrogens with zero attached hydrogens (tertiary/aromatic N) is 1. The first-order valence-corrected chi connectivity index (χ1v) is 22.2. The number of fused-ring (bicyclic) bond motifs is 5. The van der Waals surface area contributed by atoms with Gasteiger partial charge >= 0.3 is 29.6 Å². The van der Waals surface area contributed by atoms with Crippen molar-refractivity contribution in [3.63, 3.8) is 0 Å². The Labute approximate surface area is 342 Å². The number of hydrogen-bond donors (Lipinski definition) is 1. The summed E-state index contributed by atoms with van der Waals surface area (Å²) in [6.45, 7) is 11.3. The van der Waals surface area contributed by atoms with Crippen molar-refractivity contribution in [3.8, 4) is 0 Å². The predicted octanol–water partition coefficient (Wildman–Crippen LogP) is 3.41. The molecule has 11 nitrogen and oxygen atoms in total. The number of nitrogens with one attached hydrogen (secondary N) is 1. The minimum atomic E-state index is -4.83. The van der Waals surface area contributed by atoms with Crippen LogP contribution in [-0.2, 0) is 38.3 Å². The van der Waals surface area contributed by atoms with E-state index in [-0.39, 0.29) is 47.4 Å². The Morgan fingerprint density at radius 3 is 2.55 bits per heavy atom. The molecular weight excluding hydrogens is 708 g/mol. The van der Waals surface area contributed by atoms with Crippen molar-refractivity contribution in [2.45, 2.75) is 154 Å². The van der Waals surface area contributed by atoms with Crippen LogP contribution in [0.25, 0.3) is 0 Å². The molecule has 0 aromatic heterocycles. The van der Waals surface area contributed by atoms with Crippen molar-refractivity contribution < 1.29 is 70.5 Å². The van der Waals surface area contributed by atoms with Gasteiger partial charge in [0.05, 0.1) is 18.8 Å². The second kappa shape index (κ2) is 19.7. The molecule has 0 spiro atoms. The molecule has 6 fully saturated rings. The fraction of sp³-hybridized carbons (Fsp3) is 0.975. The van der Waals surface area contributed by atoms with Gasteiger partial charge in [0.2, 0.25) is 16.3 Å². The second-order valence-corrected chi connectivity index (χ2v) is 18.9. The molecule has 0 aromatic carbocycles. The SMILES string of the molecule is COCO[C@H]1CC2C(CC[C@H]3C[C@@H](NCCN4CCCCC4=O)CC[C@]23C)C2CC[C@H]([C@H](C)CCC(CCOC3CCCCO3)OS(=O)(=O)[O-])[C@]21C.[Na+]. The molecule has 2 aliphatic heterocycles. The standard InChI is InChI=1S/C40H70N2O9S.Na/c1-28(11-13-31(51-52(44,45)46)18-24-49-38-10-6-8-23-48-38)33-15-16-34-32-14-12-29-25-30(41-20-22-42-21-7-5-9-37(42)43)17-19-39(29,2)35(32)26-36(40(33,34)3)50-27-47-4;/h28-36,38,41H,5-27H2,1-4H3,(H,44,45,46);/q;+1/p-1/t28-,29+,30+,31?,32?,33-,34?,35?,36+,38?,39+,40-;/m1./s1. The molecule has 4 aliphatic carbocycles. The van der Waals surface area contributed by atoms with Gasteiger partial charge in [-0.05, 0) is 144 Å². The number of piperidine rings is 1. The molecule has 53 heavy (non-hydrogen) atoms. The van der Waals surface area contributed by atoms with Gasteiger partial charge in [0.1, 0.15) is 6.79 Å². The second-order valence-electron chi connectivity index (χ2n) is 17.9. The van der Waals surface area contributed by atoms with E-state index in [2.05, 4.69) is 31.0 Å². The van der Waals surface area contributed by atoms with Crippen LogP contribution < -0.4 is 34.9 Å². The Bertz CT molecular complexity index is 1270. The van der Waals surface area contributed by atoms with Crippen LogP contribution in [0.1, 0.15) is 130 Å². The third kappa shape index (κ3) is 10.6. The average molecular weight is 777 g/mol. The molecule has 6 rings (SSSR count). The van der Waals surface area contributed by atoms with Gasteiger partial charge in [0, 0.05) is 51.2 Å². The van der Waals surface area contributed by atoms with Gasteiger partial charge in [-0.3, -0.25) is 8.98 Å². The number of rotatable bonds is 17. The number of methoxy groups -OCH3 is 1. The molecule has 2 saturated heterocycles. The maximum atomic E-state index is 12.3. The van der Waals surface area contributed by atoms with Crippen LogP contribution >= 0.6 is 0 Å². The summed E-state index contributed by atoms with van der Waals surface area (Å²) >= 11 is 0. The first-order chi connectivity index (χ1) is 24.9. The van der Waals surface area contributed by atoms with E-state index in [1.807, 2.05) is 0 Å². The molecule has 300 valence electrons. The summed E-state index contributed by atoms with van der Waals surface area (Å²) in [5, 5.41) is 3.86. The van der Waals surface area contributed by atoms with Crippen molar-refractivity contribution in [2.24, 2.45) is 46.3 Å². The van der Waals surface area contributed by atoms with Crippen molar-refractivity contribution in [1.82, 2.24) is 10.2 Å². The van der Waals surface area contributed by atoms with Gasteiger partial charge in [-0.25, -0.2) is 8.42 Å².